The number of carbonyl (C=O) groups excluding carboxylic acids is 1. The van der Waals surface area contributed by atoms with Gasteiger partial charge in [0.05, 0.1) is 11.9 Å². The maximum Gasteiger partial charge on any atom is 0.224 e. The quantitative estimate of drug-likeness (QED) is 0.865. The Balaban J connectivity index is 0.00000132. The van der Waals surface area contributed by atoms with Gasteiger partial charge in [0.2, 0.25) is 5.91 Å². The summed E-state index contributed by atoms with van der Waals surface area (Å²) in [5.41, 5.74) is 6.79. The van der Waals surface area contributed by atoms with Crippen molar-refractivity contribution in [2.45, 2.75) is 44.6 Å². The monoisotopic (exact) mass is 360 g/mol. The average Bonchev–Trinajstić information content (AvgIpc) is 3.12. The normalized spacial score (nSPS) is 23.1. The highest BCUT2D eigenvalue weighted by Gasteiger charge is 2.26. The fourth-order valence-corrected chi connectivity index (χ4v) is 3.36. The van der Waals surface area contributed by atoms with Gasteiger partial charge in [0.1, 0.15) is 5.82 Å². The smallest absolute Gasteiger partial charge is 0.224 e. The Bertz CT molecular complexity index is 491. The van der Waals surface area contributed by atoms with Crippen LogP contribution in [-0.2, 0) is 4.79 Å². The molecule has 1 aliphatic heterocycles. The Kier molecular flexibility index (Phi) is 8.09. The van der Waals surface area contributed by atoms with E-state index in [0.717, 1.165) is 43.9 Å². The number of anilines is 2. The van der Waals surface area contributed by atoms with E-state index in [1.807, 2.05) is 12.1 Å². The molecule has 2 atom stereocenters. The van der Waals surface area contributed by atoms with Gasteiger partial charge in [-0.25, -0.2) is 4.98 Å². The molecule has 2 heterocycles. The molecule has 130 valence electrons. The third-order valence-corrected chi connectivity index (χ3v) is 4.63. The first-order valence-electron chi connectivity index (χ1n) is 7.99. The molecule has 3 rings (SSSR count). The molecule has 3 N–H and O–H groups in total. The summed E-state index contributed by atoms with van der Waals surface area (Å²) in [4.78, 5) is 18.8. The molecule has 0 spiro atoms. The summed E-state index contributed by atoms with van der Waals surface area (Å²) in [5.74, 6) is 1.39. The molecule has 23 heavy (non-hydrogen) atoms. The van der Waals surface area contributed by atoms with E-state index < -0.39 is 0 Å². The van der Waals surface area contributed by atoms with Gasteiger partial charge in [0, 0.05) is 25.6 Å². The lowest BCUT2D eigenvalue weighted by atomic mass is 10.00. The lowest BCUT2D eigenvalue weighted by molar-refractivity contribution is -0.117. The van der Waals surface area contributed by atoms with Crippen molar-refractivity contribution in [1.29, 1.82) is 0 Å². The first kappa shape index (κ1) is 20.0. The highest BCUT2D eigenvalue weighted by molar-refractivity contribution is 5.90. The van der Waals surface area contributed by atoms with Gasteiger partial charge in [0.25, 0.3) is 0 Å². The van der Waals surface area contributed by atoms with Crippen molar-refractivity contribution >= 4 is 42.2 Å². The molecule has 2 fully saturated rings. The van der Waals surface area contributed by atoms with Gasteiger partial charge in [-0.05, 0) is 43.7 Å². The van der Waals surface area contributed by atoms with Crippen LogP contribution in [0.2, 0.25) is 0 Å². The topological polar surface area (TPSA) is 71.2 Å². The van der Waals surface area contributed by atoms with Gasteiger partial charge in [-0.1, -0.05) is 6.42 Å². The van der Waals surface area contributed by atoms with Gasteiger partial charge in [-0.3, -0.25) is 4.79 Å². The second-order valence-electron chi connectivity index (χ2n) is 6.21. The zero-order chi connectivity index (χ0) is 14.7. The Labute approximate surface area is 150 Å². The lowest BCUT2D eigenvalue weighted by Gasteiger charge is -2.17. The van der Waals surface area contributed by atoms with Crippen molar-refractivity contribution in [3.63, 3.8) is 0 Å². The highest BCUT2D eigenvalue weighted by Crippen LogP contribution is 2.27. The maximum absolute atomic E-state index is 12.1. The molecule has 0 bridgehead atoms. The summed E-state index contributed by atoms with van der Waals surface area (Å²) in [6, 6.07) is 4.11. The molecule has 1 amide bonds. The van der Waals surface area contributed by atoms with Gasteiger partial charge in [0.15, 0.2) is 0 Å². The first-order valence-corrected chi connectivity index (χ1v) is 7.99. The summed E-state index contributed by atoms with van der Waals surface area (Å²) in [5, 5.41) is 2.93. The minimum absolute atomic E-state index is 0. The molecule has 0 unspecified atom stereocenters. The van der Waals surface area contributed by atoms with Gasteiger partial charge < -0.3 is 16.0 Å². The maximum atomic E-state index is 12.1. The first-order chi connectivity index (χ1) is 10.2. The van der Waals surface area contributed by atoms with Gasteiger partial charge in [-0.2, -0.15) is 0 Å². The molecule has 1 aliphatic carbocycles. The predicted molar refractivity (Wildman–Crippen MR) is 98.7 cm³/mol. The van der Waals surface area contributed by atoms with Crippen molar-refractivity contribution in [1.82, 2.24) is 4.98 Å². The lowest BCUT2D eigenvalue weighted by Crippen LogP contribution is -2.28. The third-order valence-electron chi connectivity index (χ3n) is 4.63. The number of pyridine rings is 1. The number of aromatic nitrogens is 1. The minimum atomic E-state index is 0. The molecule has 1 aromatic heterocycles. The van der Waals surface area contributed by atoms with Crippen molar-refractivity contribution in [3.8, 4) is 0 Å². The number of nitrogens with zero attached hydrogens (tertiary/aromatic N) is 2. The summed E-state index contributed by atoms with van der Waals surface area (Å²) in [6.07, 6.45) is 8.01. The van der Waals surface area contributed by atoms with Gasteiger partial charge >= 0.3 is 0 Å². The van der Waals surface area contributed by atoms with E-state index in [1.54, 1.807) is 6.20 Å². The summed E-state index contributed by atoms with van der Waals surface area (Å²) >= 11 is 0. The van der Waals surface area contributed by atoms with Crippen LogP contribution in [0.4, 0.5) is 11.5 Å². The molecule has 0 aromatic carbocycles. The Hall–Kier alpha value is -1.04. The van der Waals surface area contributed by atoms with Gasteiger partial charge in [-0.15, -0.1) is 24.8 Å². The number of nitrogens with two attached hydrogens (primary N) is 1. The van der Waals surface area contributed by atoms with Crippen LogP contribution in [0.1, 0.15) is 38.5 Å². The van der Waals surface area contributed by atoms with Crippen molar-refractivity contribution < 1.29 is 4.79 Å². The van der Waals surface area contributed by atoms with Crippen LogP contribution in [-0.4, -0.2) is 30.0 Å². The van der Waals surface area contributed by atoms with E-state index in [4.69, 9.17) is 5.73 Å². The molecule has 0 radical (unpaired) electrons. The summed E-state index contributed by atoms with van der Waals surface area (Å²) < 4.78 is 0. The van der Waals surface area contributed by atoms with E-state index in [-0.39, 0.29) is 36.8 Å². The van der Waals surface area contributed by atoms with Crippen LogP contribution in [0, 0.1) is 5.92 Å². The number of hydrogen-bond donors (Lipinski definition) is 2. The number of halogens is 2. The van der Waals surface area contributed by atoms with Crippen LogP contribution in [0.15, 0.2) is 18.3 Å². The van der Waals surface area contributed by atoms with E-state index >= 15 is 0 Å². The highest BCUT2D eigenvalue weighted by atomic mass is 35.5. The Morgan fingerprint density at radius 3 is 2.52 bits per heavy atom. The number of rotatable bonds is 4. The molecular formula is C16H26Cl2N4O. The SMILES string of the molecule is Cl.Cl.N[C@@H]1CCC[C@H]1CC(=O)Nc1ccc(N2CCCC2)nc1. The van der Waals surface area contributed by atoms with Crippen LogP contribution in [0.3, 0.4) is 0 Å². The number of hydrogen-bond acceptors (Lipinski definition) is 4. The Morgan fingerprint density at radius 1 is 1.22 bits per heavy atom. The number of amides is 1. The van der Waals surface area contributed by atoms with Crippen molar-refractivity contribution in [2.24, 2.45) is 11.7 Å². The zero-order valence-corrected chi connectivity index (χ0v) is 14.9. The number of carbonyl (C=O) groups is 1. The standard InChI is InChI=1S/C16H24N4O.2ClH/c17-14-5-3-4-12(14)10-16(21)19-13-6-7-15(18-11-13)20-8-1-2-9-20;;/h6-7,11-12,14H,1-5,8-10,17H2,(H,19,21);2*1H/t12-,14+;;/m0../s1. The minimum Gasteiger partial charge on any atom is -0.357 e. The second kappa shape index (κ2) is 9.30. The van der Waals surface area contributed by atoms with E-state index in [2.05, 4.69) is 15.2 Å². The predicted octanol–water partition coefficient (Wildman–Crippen LogP) is 2.98. The Morgan fingerprint density at radius 2 is 1.96 bits per heavy atom. The third kappa shape index (κ3) is 5.23. The fraction of sp³-hybridized carbons (Fsp3) is 0.625. The van der Waals surface area contributed by atoms with E-state index in [9.17, 15) is 4.79 Å². The van der Waals surface area contributed by atoms with Crippen LogP contribution in [0.25, 0.3) is 0 Å². The van der Waals surface area contributed by atoms with E-state index in [0.29, 0.717) is 12.3 Å². The second-order valence-corrected chi connectivity index (χ2v) is 6.21. The average molecular weight is 361 g/mol. The zero-order valence-electron chi connectivity index (χ0n) is 13.2. The molecule has 1 aromatic rings. The molecule has 1 saturated heterocycles. The van der Waals surface area contributed by atoms with Crippen molar-refractivity contribution in [2.75, 3.05) is 23.3 Å². The van der Waals surface area contributed by atoms with Crippen LogP contribution >= 0.6 is 24.8 Å². The molecule has 1 saturated carbocycles. The van der Waals surface area contributed by atoms with E-state index in [1.165, 1.54) is 12.8 Å². The summed E-state index contributed by atoms with van der Waals surface area (Å²) in [6.45, 7) is 2.16. The van der Waals surface area contributed by atoms with Crippen LogP contribution < -0.4 is 16.0 Å². The molecule has 5 nitrogen and oxygen atoms in total. The molecule has 2 aliphatic rings. The largest absolute Gasteiger partial charge is 0.357 e. The fourth-order valence-electron chi connectivity index (χ4n) is 3.36. The summed E-state index contributed by atoms with van der Waals surface area (Å²) in [7, 11) is 0. The molecule has 7 heteroatoms. The number of nitrogens with one attached hydrogen (secondary N) is 1. The van der Waals surface area contributed by atoms with Crippen LogP contribution in [0.5, 0.6) is 0 Å². The molecular weight excluding hydrogens is 335 g/mol. The van der Waals surface area contributed by atoms with Crippen molar-refractivity contribution in [3.05, 3.63) is 18.3 Å².